The van der Waals surface area contributed by atoms with Gasteiger partial charge in [0.2, 0.25) is 0 Å². The molecule has 0 unspecified atom stereocenters. The van der Waals surface area contributed by atoms with Crippen LogP contribution in [0.25, 0.3) is 0 Å². The number of carboxylic acid groups (broad SMARTS) is 1. The summed E-state index contributed by atoms with van der Waals surface area (Å²) >= 11 is 0. The van der Waals surface area contributed by atoms with Crippen molar-refractivity contribution in [2.45, 2.75) is 6.92 Å². The van der Waals surface area contributed by atoms with Crippen LogP contribution in [0.5, 0.6) is 0 Å². The third-order valence-corrected chi connectivity index (χ3v) is 1.22. The zero-order chi connectivity index (χ0) is 8.43. The van der Waals surface area contributed by atoms with Crippen LogP contribution in [0.2, 0.25) is 0 Å². The van der Waals surface area contributed by atoms with Gasteiger partial charge in [-0.15, -0.1) is 0 Å². The van der Waals surface area contributed by atoms with Crippen molar-refractivity contribution in [2.75, 3.05) is 0 Å². The minimum absolute atomic E-state index is 0.124. The van der Waals surface area contributed by atoms with Crippen LogP contribution in [-0.4, -0.2) is 16.1 Å². The van der Waals surface area contributed by atoms with Crippen molar-refractivity contribution >= 4 is 5.97 Å². The van der Waals surface area contributed by atoms with Crippen molar-refractivity contribution in [2.24, 2.45) is 0 Å². The molecule has 0 aliphatic rings. The Kier molecular flexibility index (Phi) is 1.85. The van der Waals surface area contributed by atoms with E-state index in [-0.39, 0.29) is 11.3 Å². The number of pyridine rings is 1. The number of aromatic nitrogens is 1. The van der Waals surface area contributed by atoms with E-state index < -0.39 is 11.8 Å². The van der Waals surface area contributed by atoms with Crippen molar-refractivity contribution in [1.29, 1.82) is 0 Å². The number of nitrogens with zero attached hydrogens (tertiary/aromatic N) is 1. The molecule has 0 saturated carbocycles. The molecule has 1 N–H and O–H groups in total. The molecular formula is C7H5FNO2. The van der Waals surface area contributed by atoms with Crippen LogP contribution in [-0.2, 0) is 0 Å². The van der Waals surface area contributed by atoms with Crippen molar-refractivity contribution in [3.8, 4) is 0 Å². The van der Waals surface area contributed by atoms with Crippen LogP contribution < -0.4 is 0 Å². The van der Waals surface area contributed by atoms with Crippen LogP contribution in [0.1, 0.15) is 16.1 Å². The van der Waals surface area contributed by atoms with E-state index in [1.54, 1.807) is 0 Å². The highest BCUT2D eigenvalue weighted by atomic mass is 19.1. The molecule has 0 aliphatic heterocycles. The average Bonchev–Trinajstić information content (AvgIpc) is 1.94. The summed E-state index contributed by atoms with van der Waals surface area (Å²) in [5, 5.41) is 8.47. The second kappa shape index (κ2) is 2.65. The SMILES string of the molecule is Cc1n[c]c(F)cc1C(=O)O. The van der Waals surface area contributed by atoms with E-state index in [1.165, 1.54) is 6.92 Å². The highest BCUT2D eigenvalue weighted by Crippen LogP contribution is 2.05. The largest absolute Gasteiger partial charge is 0.478 e. The van der Waals surface area contributed by atoms with Gasteiger partial charge < -0.3 is 5.11 Å². The lowest BCUT2D eigenvalue weighted by molar-refractivity contribution is 0.0695. The van der Waals surface area contributed by atoms with Crippen molar-refractivity contribution < 1.29 is 14.3 Å². The lowest BCUT2D eigenvalue weighted by Gasteiger charge is -1.96. The van der Waals surface area contributed by atoms with Gasteiger partial charge in [-0.25, -0.2) is 14.2 Å². The number of hydrogen-bond donors (Lipinski definition) is 1. The van der Waals surface area contributed by atoms with Gasteiger partial charge in [0, 0.05) is 0 Å². The fourth-order valence-electron chi connectivity index (χ4n) is 0.677. The van der Waals surface area contributed by atoms with E-state index in [1.807, 2.05) is 6.20 Å². The Hall–Kier alpha value is -1.45. The number of carboxylic acids is 1. The fraction of sp³-hybridized carbons (Fsp3) is 0.143. The second-order valence-electron chi connectivity index (χ2n) is 2.02. The molecule has 1 radical (unpaired) electrons. The van der Waals surface area contributed by atoms with Crippen LogP contribution in [0, 0.1) is 18.9 Å². The summed E-state index contributed by atoms with van der Waals surface area (Å²) in [5.41, 5.74) is 0.139. The molecule has 0 aromatic carbocycles. The Labute approximate surface area is 62.5 Å². The number of aromatic carboxylic acids is 1. The maximum absolute atomic E-state index is 12.3. The summed E-state index contributed by atoms with van der Waals surface area (Å²) in [6, 6.07) is 0.894. The first-order valence-electron chi connectivity index (χ1n) is 2.89. The molecule has 3 nitrogen and oxygen atoms in total. The van der Waals surface area contributed by atoms with Gasteiger partial charge in [-0.3, -0.25) is 0 Å². The third kappa shape index (κ3) is 1.52. The molecule has 0 spiro atoms. The molecule has 0 atom stereocenters. The van der Waals surface area contributed by atoms with Crippen molar-refractivity contribution in [3.63, 3.8) is 0 Å². The Morgan fingerprint density at radius 2 is 2.45 bits per heavy atom. The minimum Gasteiger partial charge on any atom is -0.478 e. The zero-order valence-corrected chi connectivity index (χ0v) is 5.76. The Morgan fingerprint density at radius 3 is 2.91 bits per heavy atom. The van der Waals surface area contributed by atoms with E-state index in [0.29, 0.717) is 0 Å². The van der Waals surface area contributed by atoms with Gasteiger partial charge in [-0.1, -0.05) is 0 Å². The molecule has 0 fully saturated rings. The van der Waals surface area contributed by atoms with E-state index >= 15 is 0 Å². The number of aryl methyl sites for hydroxylation is 1. The van der Waals surface area contributed by atoms with Gasteiger partial charge in [0.05, 0.1) is 11.3 Å². The monoisotopic (exact) mass is 154 g/mol. The molecular weight excluding hydrogens is 149 g/mol. The first kappa shape index (κ1) is 7.65. The highest BCUT2D eigenvalue weighted by molar-refractivity contribution is 5.88. The topological polar surface area (TPSA) is 50.2 Å². The predicted octanol–water partition coefficient (Wildman–Crippen LogP) is 1.03. The summed E-state index contributed by atoms with van der Waals surface area (Å²) < 4.78 is 12.3. The number of hydrogen-bond acceptors (Lipinski definition) is 2. The van der Waals surface area contributed by atoms with E-state index in [0.717, 1.165) is 6.07 Å². The molecule has 1 rings (SSSR count). The van der Waals surface area contributed by atoms with Gasteiger partial charge in [0.25, 0.3) is 0 Å². The summed E-state index contributed by atoms with van der Waals surface area (Å²) in [4.78, 5) is 13.8. The van der Waals surface area contributed by atoms with Gasteiger partial charge in [-0.2, -0.15) is 0 Å². The van der Waals surface area contributed by atoms with E-state index in [2.05, 4.69) is 4.98 Å². The number of rotatable bonds is 1. The van der Waals surface area contributed by atoms with Crippen molar-refractivity contribution in [1.82, 2.24) is 4.98 Å². The fourth-order valence-corrected chi connectivity index (χ4v) is 0.677. The molecule has 0 saturated heterocycles. The molecule has 0 aliphatic carbocycles. The molecule has 4 heteroatoms. The van der Waals surface area contributed by atoms with Gasteiger partial charge >= 0.3 is 5.97 Å². The van der Waals surface area contributed by atoms with Crippen LogP contribution in [0.15, 0.2) is 6.07 Å². The van der Waals surface area contributed by atoms with Crippen LogP contribution >= 0.6 is 0 Å². The van der Waals surface area contributed by atoms with Gasteiger partial charge in [0.15, 0.2) is 5.82 Å². The Morgan fingerprint density at radius 1 is 1.82 bits per heavy atom. The van der Waals surface area contributed by atoms with E-state index in [4.69, 9.17) is 5.11 Å². The minimum atomic E-state index is -1.18. The first-order chi connectivity index (χ1) is 5.11. The molecule has 0 bridgehead atoms. The average molecular weight is 154 g/mol. The predicted molar refractivity (Wildman–Crippen MR) is 34.7 cm³/mol. The zero-order valence-electron chi connectivity index (χ0n) is 5.76. The lowest BCUT2D eigenvalue weighted by Crippen LogP contribution is -2.02. The maximum atomic E-state index is 12.3. The molecule has 1 aromatic heterocycles. The highest BCUT2D eigenvalue weighted by Gasteiger charge is 2.08. The van der Waals surface area contributed by atoms with E-state index in [9.17, 15) is 9.18 Å². The first-order valence-corrected chi connectivity index (χ1v) is 2.89. The van der Waals surface area contributed by atoms with Crippen LogP contribution in [0.4, 0.5) is 4.39 Å². The van der Waals surface area contributed by atoms with Gasteiger partial charge in [0.1, 0.15) is 6.20 Å². The normalized spacial score (nSPS) is 9.64. The quantitative estimate of drug-likeness (QED) is 0.657. The standard InChI is InChI=1S/C7H5FNO2/c1-4-6(7(10)11)2-5(8)3-9-4/h2H,1H3,(H,10,11). The lowest BCUT2D eigenvalue weighted by atomic mass is 10.2. The number of halogens is 1. The molecule has 0 amide bonds. The van der Waals surface area contributed by atoms with Crippen molar-refractivity contribution in [3.05, 3.63) is 29.3 Å². The summed E-state index contributed by atoms with van der Waals surface area (Å²) in [6.07, 6.45) is 2.01. The molecule has 11 heavy (non-hydrogen) atoms. The summed E-state index contributed by atoms with van der Waals surface area (Å²) in [5.74, 6) is -1.93. The molecule has 1 heterocycles. The molecule has 1 aromatic rings. The number of carbonyl (C=O) groups is 1. The second-order valence-corrected chi connectivity index (χ2v) is 2.02. The maximum Gasteiger partial charge on any atom is 0.337 e. The van der Waals surface area contributed by atoms with Crippen LogP contribution in [0.3, 0.4) is 0 Å². The smallest absolute Gasteiger partial charge is 0.337 e. The van der Waals surface area contributed by atoms with Gasteiger partial charge in [-0.05, 0) is 13.0 Å². The molecule has 57 valence electrons. The Bertz CT molecular complexity index is 298. The summed E-state index contributed by atoms with van der Waals surface area (Å²) in [7, 11) is 0. The third-order valence-electron chi connectivity index (χ3n) is 1.22. The summed E-state index contributed by atoms with van der Waals surface area (Å²) in [6.45, 7) is 1.49. The Balaban J connectivity index is 3.23.